The molecule has 0 atom stereocenters. The Labute approximate surface area is 97.4 Å². The second kappa shape index (κ2) is 6.26. The number of hydrogen-bond acceptors (Lipinski definition) is 3. The van der Waals surface area contributed by atoms with Gasteiger partial charge in [0.1, 0.15) is 5.60 Å². The molecular formula is C11H21NO2S. The SMILES string of the molecule is CCC1(OC(=O)NCCS)CCCCC1. The van der Waals surface area contributed by atoms with Gasteiger partial charge >= 0.3 is 6.09 Å². The van der Waals surface area contributed by atoms with Gasteiger partial charge in [0.15, 0.2) is 0 Å². The van der Waals surface area contributed by atoms with Crippen molar-refractivity contribution in [2.45, 2.75) is 51.0 Å². The molecule has 0 spiro atoms. The van der Waals surface area contributed by atoms with Crippen molar-refractivity contribution in [3.8, 4) is 0 Å². The lowest BCUT2D eigenvalue weighted by atomic mass is 9.83. The van der Waals surface area contributed by atoms with E-state index in [1.54, 1.807) is 0 Å². The number of amides is 1. The largest absolute Gasteiger partial charge is 0.443 e. The molecule has 4 heteroatoms. The topological polar surface area (TPSA) is 38.3 Å². The third-order valence-electron chi connectivity index (χ3n) is 3.10. The summed E-state index contributed by atoms with van der Waals surface area (Å²) >= 11 is 4.03. The third kappa shape index (κ3) is 3.93. The molecule has 0 aromatic carbocycles. The van der Waals surface area contributed by atoms with Crippen LogP contribution in [0.15, 0.2) is 0 Å². The highest BCUT2D eigenvalue weighted by molar-refractivity contribution is 7.80. The van der Waals surface area contributed by atoms with E-state index in [-0.39, 0.29) is 11.7 Å². The zero-order valence-corrected chi connectivity index (χ0v) is 10.3. The number of hydrogen-bond donors (Lipinski definition) is 2. The molecule has 0 unspecified atom stereocenters. The Morgan fingerprint density at radius 2 is 2.07 bits per heavy atom. The number of alkyl carbamates (subject to hydrolysis) is 1. The van der Waals surface area contributed by atoms with Crippen LogP contribution in [0, 0.1) is 0 Å². The van der Waals surface area contributed by atoms with Gasteiger partial charge in [0.05, 0.1) is 0 Å². The van der Waals surface area contributed by atoms with E-state index in [1.807, 2.05) is 0 Å². The summed E-state index contributed by atoms with van der Waals surface area (Å²) in [6.07, 6.45) is 6.27. The minimum atomic E-state index is -0.284. The molecule has 0 aromatic rings. The smallest absolute Gasteiger partial charge is 0.407 e. The molecule has 0 heterocycles. The van der Waals surface area contributed by atoms with Crippen LogP contribution in [-0.4, -0.2) is 24.0 Å². The molecule has 1 aliphatic rings. The summed E-state index contributed by atoms with van der Waals surface area (Å²) in [4.78, 5) is 11.5. The van der Waals surface area contributed by atoms with E-state index in [9.17, 15) is 4.79 Å². The van der Waals surface area contributed by atoms with Gasteiger partial charge in [0.25, 0.3) is 0 Å². The Morgan fingerprint density at radius 3 is 2.60 bits per heavy atom. The van der Waals surface area contributed by atoms with Gasteiger partial charge in [-0.05, 0) is 32.1 Å². The summed E-state index contributed by atoms with van der Waals surface area (Å²) in [5.74, 6) is 0.647. The van der Waals surface area contributed by atoms with Crippen LogP contribution in [0.5, 0.6) is 0 Å². The minimum Gasteiger partial charge on any atom is -0.443 e. The van der Waals surface area contributed by atoms with Crippen molar-refractivity contribution in [3.05, 3.63) is 0 Å². The van der Waals surface area contributed by atoms with E-state index in [0.29, 0.717) is 12.3 Å². The lowest BCUT2D eigenvalue weighted by Crippen LogP contribution is -2.40. The molecule has 0 saturated heterocycles. The monoisotopic (exact) mass is 231 g/mol. The highest BCUT2D eigenvalue weighted by Crippen LogP contribution is 2.34. The first-order chi connectivity index (χ1) is 7.22. The number of thiol groups is 1. The number of rotatable bonds is 4. The van der Waals surface area contributed by atoms with Gasteiger partial charge < -0.3 is 10.1 Å². The van der Waals surface area contributed by atoms with Crippen LogP contribution in [0.25, 0.3) is 0 Å². The number of ether oxygens (including phenoxy) is 1. The molecule has 3 nitrogen and oxygen atoms in total. The van der Waals surface area contributed by atoms with Crippen molar-refractivity contribution < 1.29 is 9.53 Å². The first-order valence-electron chi connectivity index (χ1n) is 5.80. The third-order valence-corrected chi connectivity index (χ3v) is 3.32. The van der Waals surface area contributed by atoms with Crippen LogP contribution in [0.3, 0.4) is 0 Å². The van der Waals surface area contributed by atoms with E-state index in [1.165, 1.54) is 19.3 Å². The maximum Gasteiger partial charge on any atom is 0.407 e. The van der Waals surface area contributed by atoms with E-state index >= 15 is 0 Å². The number of nitrogens with one attached hydrogen (secondary N) is 1. The van der Waals surface area contributed by atoms with Crippen LogP contribution in [-0.2, 0) is 4.74 Å². The normalized spacial score (nSPS) is 19.6. The average Bonchev–Trinajstić information content (AvgIpc) is 2.27. The van der Waals surface area contributed by atoms with Gasteiger partial charge in [-0.15, -0.1) is 0 Å². The molecule has 0 aromatic heterocycles. The van der Waals surface area contributed by atoms with E-state index in [4.69, 9.17) is 4.74 Å². The fraction of sp³-hybridized carbons (Fsp3) is 0.909. The van der Waals surface area contributed by atoms with Gasteiger partial charge in [-0.25, -0.2) is 4.79 Å². The summed E-state index contributed by atoms with van der Waals surface area (Å²) < 4.78 is 5.55. The zero-order valence-electron chi connectivity index (χ0n) is 9.42. The second-order valence-electron chi connectivity index (χ2n) is 4.14. The minimum absolute atomic E-state index is 0.196. The van der Waals surface area contributed by atoms with Crippen molar-refractivity contribution in [2.24, 2.45) is 0 Å². The standard InChI is InChI=1S/C11H21NO2S/c1-2-11(6-4-3-5-7-11)14-10(13)12-8-9-15/h15H,2-9H2,1H3,(H,12,13). The molecule has 1 rings (SSSR count). The molecule has 1 N–H and O–H groups in total. The number of carbonyl (C=O) groups excluding carboxylic acids is 1. The average molecular weight is 231 g/mol. The quantitative estimate of drug-likeness (QED) is 0.730. The van der Waals surface area contributed by atoms with Gasteiger partial charge in [0.2, 0.25) is 0 Å². The second-order valence-corrected chi connectivity index (χ2v) is 4.58. The molecule has 0 bridgehead atoms. The highest BCUT2D eigenvalue weighted by Gasteiger charge is 2.33. The van der Waals surface area contributed by atoms with Crippen molar-refractivity contribution in [1.29, 1.82) is 0 Å². The van der Waals surface area contributed by atoms with Crippen molar-refractivity contribution in [2.75, 3.05) is 12.3 Å². The van der Waals surface area contributed by atoms with Crippen molar-refractivity contribution in [3.63, 3.8) is 0 Å². The first kappa shape index (κ1) is 12.7. The van der Waals surface area contributed by atoms with Crippen molar-refractivity contribution in [1.82, 2.24) is 5.32 Å². The van der Waals surface area contributed by atoms with Crippen LogP contribution in [0.2, 0.25) is 0 Å². The summed E-state index contributed by atoms with van der Waals surface area (Å²) in [6.45, 7) is 2.67. The van der Waals surface area contributed by atoms with Crippen molar-refractivity contribution >= 4 is 18.7 Å². The Kier molecular flexibility index (Phi) is 5.29. The van der Waals surface area contributed by atoms with E-state index < -0.39 is 0 Å². The van der Waals surface area contributed by atoms with Gasteiger partial charge in [-0.2, -0.15) is 12.6 Å². The van der Waals surface area contributed by atoms with Crippen LogP contribution < -0.4 is 5.32 Å². The Morgan fingerprint density at radius 1 is 1.40 bits per heavy atom. The lowest BCUT2D eigenvalue weighted by Gasteiger charge is -2.35. The summed E-state index contributed by atoms with van der Waals surface area (Å²) in [5.41, 5.74) is -0.196. The fourth-order valence-electron chi connectivity index (χ4n) is 2.11. The summed E-state index contributed by atoms with van der Waals surface area (Å²) in [7, 11) is 0. The van der Waals surface area contributed by atoms with Crippen LogP contribution >= 0.6 is 12.6 Å². The summed E-state index contributed by atoms with van der Waals surface area (Å²) in [5, 5.41) is 2.70. The maximum atomic E-state index is 11.5. The molecular weight excluding hydrogens is 210 g/mol. The first-order valence-corrected chi connectivity index (χ1v) is 6.43. The fourth-order valence-corrected chi connectivity index (χ4v) is 2.23. The Balaban J connectivity index is 2.40. The van der Waals surface area contributed by atoms with Gasteiger partial charge in [-0.3, -0.25) is 0 Å². The lowest BCUT2D eigenvalue weighted by molar-refractivity contribution is -0.0191. The predicted molar refractivity (Wildman–Crippen MR) is 64.4 cm³/mol. The van der Waals surface area contributed by atoms with Crippen LogP contribution in [0.4, 0.5) is 4.79 Å². The molecule has 0 aliphatic heterocycles. The summed E-state index contributed by atoms with van der Waals surface area (Å²) in [6, 6.07) is 0. The Bertz CT molecular complexity index is 203. The van der Waals surface area contributed by atoms with Gasteiger partial charge in [-0.1, -0.05) is 13.3 Å². The predicted octanol–water partition coefficient (Wildman–Crippen LogP) is 2.76. The van der Waals surface area contributed by atoms with E-state index in [0.717, 1.165) is 19.3 Å². The molecule has 1 aliphatic carbocycles. The zero-order chi connectivity index (χ0) is 11.1. The molecule has 15 heavy (non-hydrogen) atoms. The molecule has 1 fully saturated rings. The van der Waals surface area contributed by atoms with Gasteiger partial charge in [0, 0.05) is 12.3 Å². The number of carbonyl (C=O) groups is 1. The molecule has 1 amide bonds. The molecule has 88 valence electrons. The maximum absolute atomic E-state index is 11.5. The molecule has 1 saturated carbocycles. The highest BCUT2D eigenvalue weighted by atomic mass is 32.1. The molecule has 0 radical (unpaired) electrons. The van der Waals surface area contributed by atoms with Crippen LogP contribution in [0.1, 0.15) is 45.4 Å². The van der Waals surface area contributed by atoms with E-state index in [2.05, 4.69) is 24.9 Å². The Hall–Kier alpha value is -0.380.